The van der Waals surface area contributed by atoms with Gasteiger partial charge in [0.1, 0.15) is 9.84 Å². The molecule has 1 aliphatic rings. The predicted octanol–water partition coefficient (Wildman–Crippen LogP) is 0.0416. The van der Waals surface area contributed by atoms with E-state index in [2.05, 4.69) is 5.32 Å². The third-order valence-electron chi connectivity index (χ3n) is 2.63. The van der Waals surface area contributed by atoms with E-state index in [1.54, 1.807) is 6.08 Å². The van der Waals surface area contributed by atoms with Gasteiger partial charge in [-0.05, 0) is 25.3 Å². The number of nitrogens with one attached hydrogen (secondary N) is 1. The molecule has 5 nitrogen and oxygen atoms in total. The second-order valence-electron chi connectivity index (χ2n) is 3.99. The zero-order valence-electron chi connectivity index (χ0n) is 9.05. The molecule has 0 aromatic heterocycles. The Bertz CT molecular complexity index is 347. The molecule has 0 amide bonds. The van der Waals surface area contributed by atoms with E-state index >= 15 is 0 Å². The maximum Gasteiger partial charge on any atom is 0.328 e. The van der Waals surface area contributed by atoms with Gasteiger partial charge >= 0.3 is 5.97 Å². The lowest BCUT2D eigenvalue weighted by Crippen LogP contribution is -2.31. The molecule has 0 aromatic rings. The molecule has 0 saturated carbocycles. The predicted molar refractivity (Wildman–Crippen MR) is 61.0 cm³/mol. The molecule has 0 aliphatic carbocycles. The van der Waals surface area contributed by atoms with E-state index in [0.717, 1.165) is 12.6 Å². The summed E-state index contributed by atoms with van der Waals surface area (Å²) in [5.74, 6) is 0.00144. The van der Waals surface area contributed by atoms with Crippen LogP contribution in [0.15, 0.2) is 12.2 Å². The first-order valence-electron chi connectivity index (χ1n) is 5.30. The second kappa shape index (κ2) is 6.00. The highest BCUT2D eigenvalue weighted by Gasteiger charge is 2.22. The SMILES string of the molecule is O=C(O)/C=C/CNCC1CCS(=O)(=O)CC1. The van der Waals surface area contributed by atoms with Gasteiger partial charge in [0.15, 0.2) is 0 Å². The molecule has 1 aliphatic heterocycles. The molecule has 92 valence electrons. The van der Waals surface area contributed by atoms with E-state index in [4.69, 9.17) is 5.11 Å². The van der Waals surface area contributed by atoms with Crippen molar-refractivity contribution in [1.29, 1.82) is 0 Å². The first kappa shape index (κ1) is 13.2. The fraction of sp³-hybridized carbons (Fsp3) is 0.700. The first-order chi connectivity index (χ1) is 7.49. The van der Waals surface area contributed by atoms with Gasteiger partial charge in [-0.2, -0.15) is 0 Å². The summed E-state index contributed by atoms with van der Waals surface area (Å²) in [6, 6.07) is 0. The Hall–Kier alpha value is -0.880. The smallest absolute Gasteiger partial charge is 0.328 e. The summed E-state index contributed by atoms with van der Waals surface area (Å²) >= 11 is 0. The molecule has 1 rings (SSSR count). The van der Waals surface area contributed by atoms with Crippen LogP contribution in [0.2, 0.25) is 0 Å². The lowest BCUT2D eigenvalue weighted by molar-refractivity contribution is -0.131. The third-order valence-corrected chi connectivity index (χ3v) is 4.35. The standard InChI is InChI=1S/C10H17NO4S/c12-10(13)2-1-5-11-8-9-3-6-16(14,15)7-4-9/h1-2,9,11H,3-8H2,(H,12,13)/b2-1+. The van der Waals surface area contributed by atoms with Crippen molar-refractivity contribution in [1.82, 2.24) is 5.32 Å². The van der Waals surface area contributed by atoms with E-state index in [0.29, 0.717) is 25.3 Å². The van der Waals surface area contributed by atoms with Crippen molar-refractivity contribution in [2.24, 2.45) is 5.92 Å². The molecule has 0 spiro atoms. The minimum atomic E-state index is -2.78. The maximum atomic E-state index is 11.2. The van der Waals surface area contributed by atoms with E-state index in [1.807, 2.05) is 0 Å². The van der Waals surface area contributed by atoms with Crippen LogP contribution in [0, 0.1) is 5.92 Å². The average Bonchev–Trinajstić information content (AvgIpc) is 2.19. The minimum absolute atomic E-state index is 0.282. The summed E-state index contributed by atoms with van der Waals surface area (Å²) in [5.41, 5.74) is 0. The lowest BCUT2D eigenvalue weighted by Gasteiger charge is -2.21. The van der Waals surface area contributed by atoms with E-state index in [9.17, 15) is 13.2 Å². The summed E-state index contributed by atoms with van der Waals surface area (Å²) in [4.78, 5) is 10.2. The molecule has 0 aromatic carbocycles. The molecular formula is C10H17NO4S. The van der Waals surface area contributed by atoms with Crippen LogP contribution < -0.4 is 5.32 Å². The molecule has 0 unspecified atom stereocenters. The van der Waals surface area contributed by atoms with Crippen molar-refractivity contribution < 1.29 is 18.3 Å². The number of rotatable bonds is 5. The summed E-state index contributed by atoms with van der Waals surface area (Å²) in [6.45, 7) is 1.26. The first-order valence-corrected chi connectivity index (χ1v) is 7.12. The van der Waals surface area contributed by atoms with Gasteiger partial charge in [0.2, 0.25) is 0 Å². The van der Waals surface area contributed by atoms with Gasteiger partial charge in [0, 0.05) is 12.6 Å². The fourth-order valence-electron chi connectivity index (χ4n) is 1.67. The van der Waals surface area contributed by atoms with E-state index in [-0.39, 0.29) is 11.5 Å². The molecule has 0 radical (unpaired) electrons. The molecule has 0 bridgehead atoms. The van der Waals surface area contributed by atoms with Crippen LogP contribution in [0.5, 0.6) is 0 Å². The average molecular weight is 247 g/mol. The van der Waals surface area contributed by atoms with Crippen LogP contribution in [-0.2, 0) is 14.6 Å². The van der Waals surface area contributed by atoms with Crippen molar-refractivity contribution in [2.45, 2.75) is 12.8 Å². The Morgan fingerprint density at radius 3 is 2.56 bits per heavy atom. The minimum Gasteiger partial charge on any atom is -0.478 e. The van der Waals surface area contributed by atoms with Crippen LogP contribution in [-0.4, -0.2) is 44.1 Å². The molecule has 0 atom stereocenters. The Morgan fingerprint density at radius 2 is 2.00 bits per heavy atom. The third kappa shape index (κ3) is 5.27. The maximum absolute atomic E-state index is 11.2. The Morgan fingerprint density at radius 1 is 1.38 bits per heavy atom. The summed E-state index contributed by atoms with van der Waals surface area (Å²) in [6.07, 6.45) is 4.05. The van der Waals surface area contributed by atoms with Gasteiger partial charge < -0.3 is 10.4 Å². The van der Waals surface area contributed by atoms with Crippen LogP contribution >= 0.6 is 0 Å². The molecule has 6 heteroatoms. The number of carboxylic acids is 1. The number of hydrogen-bond donors (Lipinski definition) is 2. The van der Waals surface area contributed by atoms with Crippen molar-refractivity contribution >= 4 is 15.8 Å². The molecule has 16 heavy (non-hydrogen) atoms. The number of carboxylic acid groups (broad SMARTS) is 1. The Labute approximate surface area is 95.5 Å². The lowest BCUT2D eigenvalue weighted by atomic mass is 10.0. The Kier molecular flexibility index (Phi) is 4.95. The normalized spacial score (nSPS) is 21.2. The molecule has 1 heterocycles. The van der Waals surface area contributed by atoms with Gasteiger partial charge in [-0.1, -0.05) is 6.08 Å². The summed E-state index contributed by atoms with van der Waals surface area (Å²) in [5, 5.41) is 11.4. The molecule has 1 fully saturated rings. The number of carbonyl (C=O) groups is 1. The number of hydrogen-bond acceptors (Lipinski definition) is 4. The largest absolute Gasteiger partial charge is 0.478 e. The van der Waals surface area contributed by atoms with Crippen molar-refractivity contribution in [3.05, 3.63) is 12.2 Å². The zero-order valence-corrected chi connectivity index (χ0v) is 9.87. The monoisotopic (exact) mass is 247 g/mol. The fourth-order valence-corrected chi connectivity index (χ4v) is 3.26. The number of aliphatic carboxylic acids is 1. The highest BCUT2D eigenvalue weighted by molar-refractivity contribution is 7.91. The highest BCUT2D eigenvalue weighted by Crippen LogP contribution is 2.17. The van der Waals surface area contributed by atoms with Crippen molar-refractivity contribution in [2.75, 3.05) is 24.6 Å². The topological polar surface area (TPSA) is 83.5 Å². The van der Waals surface area contributed by atoms with Gasteiger partial charge in [-0.3, -0.25) is 0 Å². The van der Waals surface area contributed by atoms with E-state index < -0.39 is 15.8 Å². The van der Waals surface area contributed by atoms with Crippen LogP contribution in [0.1, 0.15) is 12.8 Å². The molecule has 2 N–H and O–H groups in total. The molecular weight excluding hydrogens is 230 g/mol. The van der Waals surface area contributed by atoms with Crippen molar-refractivity contribution in [3.8, 4) is 0 Å². The summed E-state index contributed by atoms with van der Waals surface area (Å²) < 4.78 is 22.3. The second-order valence-corrected chi connectivity index (χ2v) is 6.30. The zero-order chi connectivity index (χ0) is 12.0. The van der Waals surface area contributed by atoms with Gasteiger partial charge in [0.25, 0.3) is 0 Å². The van der Waals surface area contributed by atoms with Gasteiger partial charge in [0.05, 0.1) is 11.5 Å². The van der Waals surface area contributed by atoms with Gasteiger partial charge in [-0.25, -0.2) is 13.2 Å². The highest BCUT2D eigenvalue weighted by atomic mass is 32.2. The van der Waals surface area contributed by atoms with E-state index in [1.165, 1.54) is 0 Å². The van der Waals surface area contributed by atoms with Crippen LogP contribution in [0.4, 0.5) is 0 Å². The molecule has 1 saturated heterocycles. The Balaban J connectivity index is 2.13. The van der Waals surface area contributed by atoms with Gasteiger partial charge in [-0.15, -0.1) is 0 Å². The summed E-state index contributed by atoms with van der Waals surface area (Å²) in [7, 11) is -2.78. The van der Waals surface area contributed by atoms with Crippen LogP contribution in [0.25, 0.3) is 0 Å². The van der Waals surface area contributed by atoms with Crippen molar-refractivity contribution in [3.63, 3.8) is 0 Å². The quantitative estimate of drug-likeness (QED) is 0.529. The number of sulfone groups is 1. The van der Waals surface area contributed by atoms with Crippen LogP contribution in [0.3, 0.4) is 0 Å².